The van der Waals surface area contributed by atoms with Crippen LogP contribution in [0.15, 0.2) is 46.1 Å². The van der Waals surface area contributed by atoms with E-state index in [0.29, 0.717) is 25.4 Å². The summed E-state index contributed by atoms with van der Waals surface area (Å²) >= 11 is 0. The van der Waals surface area contributed by atoms with Crippen LogP contribution in [0.5, 0.6) is 5.75 Å². The highest BCUT2D eigenvalue weighted by Gasteiger charge is 2.53. The Balaban J connectivity index is 1.30. The lowest BCUT2D eigenvalue weighted by Gasteiger charge is -2.21. The van der Waals surface area contributed by atoms with Gasteiger partial charge in [0.2, 0.25) is 0 Å². The number of fused-ring (bicyclic) bond motifs is 1. The van der Waals surface area contributed by atoms with Gasteiger partial charge in [-0.05, 0) is 38.3 Å². The van der Waals surface area contributed by atoms with Crippen LogP contribution in [0.1, 0.15) is 50.7 Å². The fraction of sp³-hybridized carbons (Fsp3) is 0.542. The minimum atomic E-state index is -0.849. The van der Waals surface area contributed by atoms with Crippen LogP contribution >= 0.6 is 0 Å². The second kappa shape index (κ2) is 11.6. The molecule has 2 aromatic rings. The van der Waals surface area contributed by atoms with Gasteiger partial charge in [0.15, 0.2) is 12.5 Å². The molecule has 0 radical (unpaired) electrons. The van der Waals surface area contributed by atoms with Gasteiger partial charge in [-0.15, -0.1) is 0 Å². The summed E-state index contributed by atoms with van der Waals surface area (Å²) in [5, 5.41) is 9.73. The standard InChI is InChI=1S/C24H30N2O9/c1-2-31-19(29)6-4-3-5-13-32-16-9-7-15(8-10-16)23-34-20-17(14-27)33-22(21(20)35-23)26-12-11-18(28)25-24(26)30/h7-12,17,20-23,27H,2-6,13-14H2,1H3,(H,25,28,30). The van der Waals surface area contributed by atoms with Gasteiger partial charge in [-0.2, -0.15) is 0 Å². The van der Waals surface area contributed by atoms with Crippen LogP contribution in [0.3, 0.4) is 0 Å². The Bertz CT molecular complexity index is 1100. The van der Waals surface area contributed by atoms with E-state index in [2.05, 4.69) is 4.98 Å². The number of aliphatic hydroxyl groups excluding tert-OH is 1. The summed E-state index contributed by atoms with van der Waals surface area (Å²) in [7, 11) is 0. The van der Waals surface area contributed by atoms with E-state index in [1.54, 1.807) is 6.92 Å². The molecule has 0 saturated carbocycles. The number of nitrogens with zero attached hydrogens (tertiary/aromatic N) is 1. The van der Waals surface area contributed by atoms with Crippen LogP contribution in [0.25, 0.3) is 0 Å². The number of hydrogen-bond acceptors (Lipinski definition) is 9. The molecule has 11 nitrogen and oxygen atoms in total. The number of ether oxygens (including phenoxy) is 5. The fourth-order valence-corrected chi connectivity index (χ4v) is 4.18. The topological polar surface area (TPSA) is 138 Å². The van der Waals surface area contributed by atoms with E-state index in [1.807, 2.05) is 24.3 Å². The van der Waals surface area contributed by atoms with Crippen LogP contribution < -0.4 is 16.0 Å². The average Bonchev–Trinajstić information content (AvgIpc) is 3.42. The van der Waals surface area contributed by atoms with E-state index in [-0.39, 0.29) is 12.6 Å². The number of hydrogen-bond donors (Lipinski definition) is 2. The molecule has 0 aliphatic carbocycles. The summed E-state index contributed by atoms with van der Waals surface area (Å²) in [5.74, 6) is 0.532. The smallest absolute Gasteiger partial charge is 0.330 e. The summed E-state index contributed by atoms with van der Waals surface area (Å²) in [6.45, 7) is 2.43. The van der Waals surface area contributed by atoms with Gasteiger partial charge in [0.1, 0.15) is 24.1 Å². The molecule has 2 aliphatic rings. The van der Waals surface area contributed by atoms with Crippen molar-refractivity contribution in [2.45, 2.75) is 63.4 Å². The molecule has 2 saturated heterocycles. The van der Waals surface area contributed by atoms with Gasteiger partial charge in [-0.3, -0.25) is 19.1 Å². The van der Waals surface area contributed by atoms with Crippen molar-refractivity contribution in [2.24, 2.45) is 0 Å². The first kappa shape index (κ1) is 25.1. The Morgan fingerprint density at radius 2 is 1.83 bits per heavy atom. The normalized spacial score (nSPS) is 25.4. The summed E-state index contributed by atoms with van der Waals surface area (Å²) < 4.78 is 29.8. The van der Waals surface area contributed by atoms with Crippen LogP contribution in [0.4, 0.5) is 0 Å². The van der Waals surface area contributed by atoms with Crippen molar-refractivity contribution in [2.75, 3.05) is 19.8 Å². The molecule has 0 spiro atoms. The van der Waals surface area contributed by atoms with E-state index in [1.165, 1.54) is 16.8 Å². The third-order valence-electron chi connectivity index (χ3n) is 5.90. The van der Waals surface area contributed by atoms with Gasteiger partial charge in [0, 0.05) is 24.2 Å². The van der Waals surface area contributed by atoms with Crippen molar-refractivity contribution in [1.29, 1.82) is 0 Å². The lowest BCUT2D eigenvalue weighted by Crippen LogP contribution is -2.36. The van der Waals surface area contributed by atoms with E-state index >= 15 is 0 Å². The molecule has 5 unspecified atom stereocenters. The molecule has 2 aliphatic heterocycles. The number of aromatic nitrogens is 2. The summed E-state index contributed by atoms with van der Waals surface area (Å²) in [6.07, 6.45) is 0.757. The maximum Gasteiger partial charge on any atom is 0.330 e. The van der Waals surface area contributed by atoms with E-state index in [0.717, 1.165) is 24.8 Å². The maximum absolute atomic E-state index is 12.2. The van der Waals surface area contributed by atoms with Crippen molar-refractivity contribution in [3.63, 3.8) is 0 Å². The van der Waals surface area contributed by atoms with Gasteiger partial charge >= 0.3 is 11.7 Å². The maximum atomic E-state index is 12.2. The lowest BCUT2D eigenvalue weighted by molar-refractivity contribution is -0.155. The molecule has 11 heteroatoms. The molecule has 35 heavy (non-hydrogen) atoms. The van der Waals surface area contributed by atoms with E-state index in [4.69, 9.17) is 23.7 Å². The fourth-order valence-electron chi connectivity index (χ4n) is 4.18. The average molecular weight is 491 g/mol. The molecule has 4 rings (SSSR count). The van der Waals surface area contributed by atoms with Crippen LogP contribution in [0.2, 0.25) is 0 Å². The number of unbranched alkanes of at least 4 members (excludes halogenated alkanes) is 2. The van der Waals surface area contributed by atoms with Gasteiger partial charge < -0.3 is 28.8 Å². The minimum absolute atomic E-state index is 0.168. The Labute approximate surface area is 201 Å². The highest BCUT2D eigenvalue weighted by molar-refractivity contribution is 5.69. The van der Waals surface area contributed by atoms with Crippen LogP contribution in [-0.4, -0.2) is 58.8 Å². The molecule has 190 valence electrons. The molecule has 5 atom stereocenters. The molecule has 1 aromatic carbocycles. The first-order valence-corrected chi connectivity index (χ1v) is 11.8. The van der Waals surface area contributed by atoms with Crippen molar-refractivity contribution in [3.05, 3.63) is 62.9 Å². The third kappa shape index (κ3) is 5.99. The first-order valence-electron chi connectivity index (χ1n) is 11.8. The quantitative estimate of drug-likeness (QED) is 0.354. The lowest BCUT2D eigenvalue weighted by atomic mass is 10.1. The van der Waals surface area contributed by atoms with Crippen molar-refractivity contribution < 1.29 is 33.6 Å². The predicted octanol–water partition coefficient (Wildman–Crippen LogP) is 1.41. The summed E-state index contributed by atoms with van der Waals surface area (Å²) in [6, 6.07) is 8.52. The number of esters is 1. The largest absolute Gasteiger partial charge is 0.494 e. The van der Waals surface area contributed by atoms with Crippen molar-refractivity contribution in [3.8, 4) is 5.75 Å². The number of nitrogens with one attached hydrogen (secondary N) is 1. The zero-order chi connectivity index (χ0) is 24.8. The van der Waals surface area contributed by atoms with Crippen LogP contribution in [0, 0.1) is 0 Å². The summed E-state index contributed by atoms with van der Waals surface area (Å²) in [5.41, 5.74) is -0.389. The number of aliphatic hydroxyl groups is 1. The zero-order valence-electron chi connectivity index (χ0n) is 19.5. The number of aromatic amines is 1. The molecule has 1 aromatic heterocycles. The molecule has 3 heterocycles. The molecule has 2 fully saturated rings. The number of carbonyl (C=O) groups is 1. The Morgan fingerprint density at radius 3 is 2.54 bits per heavy atom. The van der Waals surface area contributed by atoms with Gasteiger partial charge in [-0.25, -0.2) is 4.79 Å². The van der Waals surface area contributed by atoms with Crippen molar-refractivity contribution >= 4 is 5.97 Å². The second-order valence-electron chi connectivity index (χ2n) is 8.33. The summed E-state index contributed by atoms with van der Waals surface area (Å²) in [4.78, 5) is 37.2. The molecule has 0 bridgehead atoms. The Morgan fingerprint density at radius 1 is 1.06 bits per heavy atom. The third-order valence-corrected chi connectivity index (χ3v) is 5.90. The van der Waals surface area contributed by atoms with Crippen LogP contribution in [-0.2, 0) is 23.7 Å². The van der Waals surface area contributed by atoms with E-state index in [9.17, 15) is 19.5 Å². The zero-order valence-corrected chi connectivity index (χ0v) is 19.5. The predicted molar refractivity (Wildman–Crippen MR) is 122 cm³/mol. The SMILES string of the molecule is CCOC(=O)CCCCCOc1ccc(C2OC3C(CO)OC(n4ccc(=O)[nH]c4=O)C3O2)cc1. The first-order chi connectivity index (χ1) is 17.0. The van der Waals surface area contributed by atoms with Gasteiger partial charge in [0.25, 0.3) is 5.56 Å². The molecule has 2 N–H and O–H groups in total. The number of carbonyl (C=O) groups excluding carboxylic acids is 1. The van der Waals surface area contributed by atoms with Gasteiger partial charge in [0.05, 0.1) is 19.8 Å². The van der Waals surface area contributed by atoms with Crippen molar-refractivity contribution in [1.82, 2.24) is 9.55 Å². The minimum Gasteiger partial charge on any atom is -0.494 e. The number of H-pyrrole nitrogens is 1. The number of benzene rings is 1. The highest BCUT2D eigenvalue weighted by Crippen LogP contribution is 2.43. The molecule has 0 amide bonds. The van der Waals surface area contributed by atoms with E-state index < -0.39 is 42.1 Å². The monoisotopic (exact) mass is 490 g/mol. The second-order valence-corrected chi connectivity index (χ2v) is 8.33. The molecular formula is C24H30N2O9. The van der Waals surface area contributed by atoms with Gasteiger partial charge in [-0.1, -0.05) is 12.1 Å². The highest BCUT2D eigenvalue weighted by atomic mass is 16.8. The molecular weight excluding hydrogens is 460 g/mol. The Hall–Kier alpha value is -2.99. The Kier molecular flexibility index (Phi) is 8.34. The number of rotatable bonds is 11.